The maximum absolute atomic E-state index is 14.2. The Morgan fingerprint density at radius 3 is 2.75 bits per heavy atom. The molecule has 0 aliphatic rings. The Bertz CT molecular complexity index is 960. The van der Waals surface area contributed by atoms with E-state index in [9.17, 15) is 9.18 Å². The molecule has 0 atom stereocenters. The summed E-state index contributed by atoms with van der Waals surface area (Å²) in [5, 5.41) is 8.38. The number of fused-ring (bicyclic) bond motifs is 3. The molecule has 0 N–H and O–H groups in total. The summed E-state index contributed by atoms with van der Waals surface area (Å²) in [5.41, 5.74) is 0.451. The zero-order valence-corrected chi connectivity index (χ0v) is 15.2. The molecule has 24 heavy (non-hydrogen) atoms. The Labute approximate surface area is 139 Å². The lowest BCUT2D eigenvalue weighted by molar-refractivity contribution is 0.0877. The van der Waals surface area contributed by atoms with E-state index in [0.29, 0.717) is 23.2 Å². The van der Waals surface area contributed by atoms with Crippen LogP contribution < -0.4 is 5.56 Å². The minimum absolute atomic E-state index is 0.0169. The molecule has 0 fully saturated rings. The minimum atomic E-state index is -1.22. The highest BCUT2D eigenvalue weighted by atomic mass is 28.3. The molecule has 0 radical (unpaired) electrons. The van der Waals surface area contributed by atoms with Gasteiger partial charge in [-0.05, 0) is 6.04 Å². The molecule has 3 aromatic rings. The van der Waals surface area contributed by atoms with Crippen LogP contribution in [-0.2, 0) is 18.5 Å². The maximum atomic E-state index is 14.2. The average Bonchev–Trinajstić information content (AvgIpc) is 2.87. The number of hydrogen-bond acceptors (Lipinski definition) is 5. The maximum Gasteiger partial charge on any atom is 0.265 e. The van der Waals surface area contributed by atoms with E-state index in [4.69, 9.17) is 4.74 Å². The van der Waals surface area contributed by atoms with Gasteiger partial charge in [-0.3, -0.25) is 14.3 Å². The molecular weight excluding hydrogens is 329 g/mol. The molecule has 0 aliphatic heterocycles. The third kappa shape index (κ3) is 2.96. The van der Waals surface area contributed by atoms with Gasteiger partial charge in [-0.1, -0.05) is 24.9 Å². The van der Waals surface area contributed by atoms with Crippen LogP contribution in [0.15, 0.2) is 17.2 Å². The quantitative estimate of drug-likeness (QED) is 0.521. The van der Waals surface area contributed by atoms with Crippen LogP contribution in [0, 0.1) is 5.82 Å². The van der Waals surface area contributed by atoms with Crippen LogP contribution in [0.25, 0.3) is 21.9 Å². The van der Waals surface area contributed by atoms with Crippen molar-refractivity contribution >= 4 is 30.0 Å². The van der Waals surface area contributed by atoms with Crippen molar-refractivity contribution in [3.8, 4) is 0 Å². The van der Waals surface area contributed by atoms with Gasteiger partial charge in [-0.15, -0.1) is 5.10 Å². The third-order valence-electron chi connectivity index (χ3n) is 3.90. The third-order valence-corrected chi connectivity index (χ3v) is 5.60. The highest BCUT2D eigenvalue weighted by Crippen LogP contribution is 2.21. The highest BCUT2D eigenvalue weighted by molar-refractivity contribution is 6.76. The first-order chi connectivity index (χ1) is 11.3. The second-order valence-electron chi connectivity index (χ2n) is 7.01. The molecular formula is C15H20FN5O2Si. The first-order valence-electron chi connectivity index (χ1n) is 7.73. The van der Waals surface area contributed by atoms with E-state index in [1.807, 2.05) is 0 Å². The smallest absolute Gasteiger partial charge is 0.265 e. The van der Waals surface area contributed by atoms with E-state index in [1.54, 1.807) is 7.05 Å². The van der Waals surface area contributed by atoms with Gasteiger partial charge >= 0.3 is 0 Å². The second-order valence-corrected chi connectivity index (χ2v) is 12.6. The van der Waals surface area contributed by atoms with E-state index in [1.165, 1.54) is 15.4 Å². The number of aromatic nitrogens is 5. The molecule has 0 saturated carbocycles. The summed E-state index contributed by atoms with van der Waals surface area (Å²) in [7, 11) is 0.471. The summed E-state index contributed by atoms with van der Waals surface area (Å²) in [6.45, 7) is 7.34. The van der Waals surface area contributed by atoms with Crippen LogP contribution in [0.5, 0.6) is 0 Å². The lowest BCUT2D eigenvalue weighted by Crippen LogP contribution is -2.26. The number of rotatable bonds is 5. The summed E-state index contributed by atoms with van der Waals surface area (Å²) in [4.78, 5) is 16.5. The molecule has 128 valence electrons. The lowest BCUT2D eigenvalue weighted by Gasteiger charge is -2.16. The van der Waals surface area contributed by atoms with Crippen molar-refractivity contribution in [2.24, 2.45) is 7.05 Å². The van der Waals surface area contributed by atoms with Gasteiger partial charge in [-0.2, -0.15) is 0 Å². The zero-order valence-electron chi connectivity index (χ0n) is 14.2. The Morgan fingerprint density at radius 2 is 2.04 bits per heavy atom. The molecule has 9 heteroatoms. The van der Waals surface area contributed by atoms with E-state index < -0.39 is 19.5 Å². The van der Waals surface area contributed by atoms with Crippen molar-refractivity contribution in [1.82, 2.24) is 24.5 Å². The molecule has 0 aliphatic carbocycles. The predicted molar refractivity (Wildman–Crippen MR) is 92.1 cm³/mol. The fourth-order valence-electron chi connectivity index (χ4n) is 2.54. The van der Waals surface area contributed by atoms with Gasteiger partial charge in [0.25, 0.3) is 5.56 Å². The van der Waals surface area contributed by atoms with E-state index in [-0.39, 0.29) is 12.1 Å². The van der Waals surface area contributed by atoms with Crippen molar-refractivity contribution in [2.45, 2.75) is 32.4 Å². The topological polar surface area (TPSA) is 74.8 Å². The normalized spacial score (nSPS) is 12.4. The number of nitrogens with zero attached hydrogens (tertiary/aromatic N) is 5. The highest BCUT2D eigenvalue weighted by Gasteiger charge is 2.19. The molecule has 3 aromatic heterocycles. The average molecular weight is 349 g/mol. The van der Waals surface area contributed by atoms with Gasteiger partial charge in [0.15, 0.2) is 11.5 Å². The molecule has 0 saturated heterocycles. The molecule has 0 unspecified atom stereocenters. The van der Waals surface area contributed by atoms with Crippen molar-refractivity contribution < 1.29 is 9.13 Å². The predicted octanol–water partition coefficient (Wildman–Crippen LogP) is 2.13. The zero-order chi connectivity index (χ0) is 17.5. The Morgan fingerprint density at radius 1 is 1.29 bits per heavy atom. The summed E-state index contributed by atoms with van der Waals surface area (Å²) in [5.74, 6) is -0.656. The molecule has 3 rings (SSSR count). The van der Waals surface area contributed by atoms with Crippen LogP contribution in [-0.4, -0.2) is 39.2 Å². The van der Waals surface area contributed by atoms with Crippen LogP contribution in [0.3, 0.4) is 0 Å². The van der Waals surface area contributed by atoms with Crippen LogP contribution >= 0.6 is 0 Å². The monoisotopic (exact) mass is 349 g/mol. The molecule has 3 heterocycles. The van der Waals surface area contributed by atoms with Crippen molar-refractivity contribution in [2.75, 3.05) is 6.61 Å². The van der Waals surface area contributed by atoms with Gasteiger partial charge < -0.3 is 4.74 Å². The summed E-state index contributed by atoms with van der Waals surface area (Å²) < 4.78 is 22.7. The minimum Gasteiger partial charge on any atom is -0.361 e. The Balaban J connectivity index is 2.08. The van der Waals surface area contributed by atoms with E-state index in [0.717, 1.165) is 12.2 Å². The molecule has 0 bridgehead atoms. The van der Waals surface area contributed by atoms with Crippen molar-refractivity contribution in [3.63, 3.8) is 0 Å². The van der Waals surface area contributed by atoms with Gasteiger partial charge in [0, 0.05) is 33.3 Å². The van der Waals surface area contributed by atoms with Gasteiger partial charge in [0.1, 0.15) is 12.2 Å². The van der Waals surface area contributed by atoms with Crippen LogP contribution in [0.4, 0.5) is 4.39 Å². The van der Waals surface area contributed by atoms with Crippen LogP contribution in [0.2, 0.25) is 25.7 Å². The van der Waals surface area contributed by atoms with Gasteiger partial charge in [0.2, 0.25) is 0 Å². The summed E-state index contributed by atoms with van der Waals surface area (Å²) in [6.07, 6.45) is 2.50. The number of aryl methyl sites for hydroxylation is 1. The number of ether oxygens (including phenoxy) is 1. The molecule has 7 nitrogen and oxygen atoms in total. The van der Waals surface area contributed by atoms with Gasteiger partial charge in [0.05, 0.1) is 11.6 Å². The lowest BCUT2D eigenvalue weighted by atomic mass is 10.2. The van der Waals surface area contributed by atoms with Crippen molar-refractivity contribution in [3.05, 3.63) is 28.6 Å². The Hall–Kier alpha value is -2.13. The molecule has 0 spiro atoms. The van der Waals surface area contributed by atoms with Crippen molar-refractivity contribution in [1.29, 1.82) is 0 Å². The SMILES string of the molecule is Cn1nnc2c1c1cncc(F)c1c(=O)n2COCC[Si](C)(C)C. The Kier molecular flexibility index (Phi) is 4.22. The van der Waals surface area contributed by atoms with Crippen LogP contribution in [0.1, 0.15) is 0 Å². The second kappa shape index (κ2) is 6.06. The first-order valence-corrected chi connectivity index (χ1v) is 11.4. The van der Waals surface area contributed by atoms with Gasteiger partial charge in [-0.25, -0.2) is 9.07 Å². The van der Waals surface area contributed by atoms with E-state index >= 15 is 0 Å². The number of pyridine rings is 2. The molecule has 0 amide bonds. The molecule has 0 aromatic carbocycles. The largest absolute Gasteiger partial charge is 0.361 e. The number of halogens is 1. The first kappa shape index (κ1) is 16.7. The number of hydrogen-bond donors (Lipinski definition) is 0. The fraction of sp³-hybridized carbons (Fsp3) is 0.467. The fourth-order valence-corrected chi connectivity index (χ4v) is 3.30. The summed E-state index contributed by atoms with van der Waals surface area (Å²) in [6, 6.07) is 0.983. The summed E-state index contributed by atoms with van der Waals surface area (Å²) >= 11 is 0. The van der Waals surface area contributed by atoms with E-state index in [2.05, 4.69) is 34.9 Å². The standard InChI is InChI=1S/C15H20FN5O2Si/c1-20-13-10-7-17-8-11(16)12(10)15(22)21(14(13)18-19-20)9-23-5-6-24(2,3)4/h7-8H,5-6,9H2,1-4H3.